The standard InChI is InChI=1S/C17H28N4O.HI/c1-4-14-5-7-15(8-6-14)20-16(18)19-13-17(2,3)21-9-11-22-12-10-21;/h5-8H,4,9-13H2,1-3H3,(H3,18,19,20);1H. The first-order chi connectivity index (χ1) is 10.5. The van der Waals surface area contributed by atoms with Gasteiger partial charge >= 0.3 is 0 Å². The topological polar surface area (TPSA) is 62.9 Å². The molecular formula is C17H29IN4O. The zero-order valence-electron chi connectivity index (χ0n) is 14.3. The predicted molar refractivity (Wildman–Crippen MR) is 108 cm³/mol. The number of benzene rings is 1. The van der Waals surface area contributed by atoms with Crippen LogP contribution in [-0.4, -0.2) is 49.2 Å². The number of morpholine rings is 1. The van der Waals surface area contributed by atoms with E-state index in [0.717, 1.165) is 38.4 Å². The molecule has 0 spiro atoms. The highest BCUT2D eigenvalue weighted by molar-refractivity contribution is 14.0. The molecule has 0 atom stereocenters. The maximum atomic E-state index is 6.01. The molecule has 0 aliphatic carbocycles. The van der Waals surface area contributed by atoms with Crippen molar-refractivity contribution in [2.24, 2.45) is 10.7 Å². The lowest BCUT2D eigenvalue weighted by Gasteiger charge is -2.39. The molecule has 0 amide bonds. The number of hydrogen-bond donors (Lipinski definition) is 2. The van der Waals surface area contributed by atoms with Crippen molar-refractivity contribution >= 4 is 35.6 Å². The fraction of sp³-hybridized carbons (Fsp3) is 0.588. The zero-order chi connectivity index (χ0) is 16.0. The molecule has 0 bridgehead atoms. The second-order valence-corrected chi connectivity index (χ2v) is 6.29. The molecule has 2 rings (SSSR count). The molecule has 1 aromatic carbocycles. The third-order valence-corrected chi connectivity index (χ3v) is 4.14. The SMILES string of the molecule is CCc1ccc(NC(N)=NCC(C)(C)N2CCOCC2)cc1.I. The number of ether oxygens (including phenoxy) is 1. The van der Waals surface area contributed by atoms with Gasteiger partial charge in [-0.2, -0.15) is 0 Å². The third-order valence-electron chi connectivity index (χ3n) is 4.14. The molecule has 0 saturated carbocycles. The average molecular weight is 432 g/mol. The maximum absolute atomic E-state index is 6.01. The molecule has 1 heterocycles. The van der Waals surface area contributed by atoms with E-state index in [0.29, 0.717) is 12.5 Å². The summed E-state index contributed by atoms with van der Waals surface area (Å²) in [6.45, 7) is 10.7. The molecule has 1 saturated heterocycles. The lowest BCUT2D eigenvalue weighted by atomic mass is 10.0. The van der Waals surface area contributed by atoms with Crippen molar-refractivity contribution in [1.29, 1.82) is 0 Å². The van der Waals surface area contributed by atoms with E-state index in [9.17, 15) is 0 Å². The fourth-order valence-electron chi connectivity index (χ4n) is 2.56. The number of halogens is 1. The van der Waals surface area contributed by atoms with Gasteiger partial charge in [0, 0.05) is 24.3 Å². The van der Waals surface area contributed by atoms with Crippen LogP contribution < -0.4 is 11.1 Å². The smallest absolute Gasteiger partial charge is 0.193 e. The van der Waals surface area contributed by atoms with Gasteiger partial charge in [-0.1, -0.05) is 19.1 Å². The first kappa shape index (κ1) is 20.2. The molecule has 1 aliphatic heterocycles. The van der Waals surface area contributed by atoms with Gasteiger partial charge in [0.25, 0.3) is 0 Å². The number of aliphatic imine (C=N–C) groups is 1. The molecule has 5 nitrogen and oxygen atoms in total. The Hall–Kier alpha value is -0.860. The van der Waals surface area contributed by atoms with Crippen LogP contribution in [0.5, 0.6) is 0 Å². The molecule has 0 radical (unpaired) electrons. The number of rotatable bonds is 5. The summed E-state index contributed by atoms with van der Waals surface area (Å²) in [7, 11) is 0. The van der Waals surface area contributed by atoms with Crippen molar-refractivity contribution in [2.75, 3.05) is 38.2 Å². The largest absolute Gasteiger partial charge is 0.379 e. The second kappa shape index (κ2) is 9.44. The first-order valence-corrected chi connectivity index (χ1v) is 8.00. The fourth-order valence-corrected chi connectivity index (χ4v) is 2.56. The van der Waals surface area contributed by atoms with Crippen LogP contribution in [0.1, 0.15) is 26.3 Å². The molecule has 0 unspecified atom stereocenters. The molecule has 1 fully saturated rings. The van der Waals surface area contributed by atoms with E-state index >= 15 is 0 Å². The van der Waals surface area contributed by atoms with Gasteiger partial charge in [-0.15, -0.1) is 24.0 Å². The monoisotopic (exact) mass is 432 g/mol. The Morgan fingerprint density at radius 2 is 1.87 bits per heavy atom. The van der Waals surface area contributed by atoms with Crippen LogP contribution in [0, 0.1) is 0 Å². The Bertz CT molecular complexity index is 496. The van der Waals surface area contributed by atoms with Crippen LogP contribution >= 0.6 is 24.0 Å². The lowest BCUT2D eigenvalue weighted by Crippen LogP contribution is -2.51. The Labute approximate surface area is 156 Å². The average Bonchev–Trinajstić information content (AvgIpc) is 2.55. The summed E-state index contributed by atoms with van der Waals surface area (Å²) < 4.78 is 5.40. The third kappa shape index (κ3) is 6.27. The van der Waals surface area contributed by atoms with E-state index in [4.69, 9.17) is 10.5 Å². The van der Waals surface area contributed by atoms with Gasteiger partial charge in [0.2, 0.25) is 0 Å². The van der Waals surface area contributed by atoms with Crippen LogP contribution in [-0.2, 0) is 11.2 Å². The highest BCUT2D eigenvalue weighted by Crippen LogP contribution is 2.16. The second-order valence-electron chi connectivity index (χ2n) is 6.29. The van der Waals surface area contributed by atoms with E-state index in [-0.39, 0.29) is 29.5 Å². The van der Waals surface area contributed by atoms with Gasteiger partial charge in [-0.3, -0.25) is 9.89 Å². The van der Waals surface area contributed by atoms with Gasteiger partial charge in [-0.05, 0) is 38.0 Å². The van der Waals surface area contributed by atoms with E-state index in [2.05, 4.69) is 48.1 Å². The summed E-state index contributed by atoms with van der Waals surface area (Å²) in [4.78, 5) is 6.92. The molecule has 6 heteroatoms. The van der Waals surface area contributed by atoms with Gasteiger partial charge < -0.3 is 15.8 Å². The highest BCUT2D eigenvalue weighted by Gasteiger charge is 2.27. The number of nitrogens with one attached hydrogen (secondary N) is 1. The number of hydrogen-bond acceptors (Lipinski definition) is 3. The Kier molecular flexibility index (Phi) is 8.28. The minimum absolute atomic E-state index is 0. The number of guanidine groups is 1. The summed E-state index contributed by atoms with van der Waals surface area (Å²) in [5.74, 6) is 0.464. The number of nitrogens with zero attached hydrogens (tertiary/aromatic N) is 2. The number of aryl methyl sites for hydroxylation is 1. The minimum Gasteiger partial charge on any atom is -0.379 e. The van der Waals surface area contributed by atoms with Crippen LogP contribution in [0.2, 0.25) is 0 Å². The van der Waals surface area contributed by atoms with Crippen molar-refractivity contribution in [3.63, 3.8) is 0 Å². The predicted octanol–water partition coefficient (Wildman–Crippen LogP) is 2.70. The molecule has 130 valence electrons. The molecular weight excluding hydrogens is 403 g/mol. The van der Waals surface area contributed by atoms with Crippen LogP contribution in [0.3, 0.4) is 0 Å². The Morgan fingerprint density at radius 3 is 2.43 bits per heavy atom. The van der Waals surface area contributed by atoms with E-state index < -0.39 is 0 Å². The van der Waals surface area contributed by atoms with Crippen molar-refractivity contribution in [1.82, 2.24) is 4.90 Å². The van der Waals surface area contributed by atoms with Gasteiger partial charge in [0.05, 0.1) is 19.8 Å². The van der Waals surface area contributed by atoms with Gasteiger partial charge in [0.15, 0.2) is 5.96 Å². The Balaban J connectivity index is 0.00000264. The molecule has 1 aromatic rings. The highest BCUT2D eigenvalue weighted by atomic mass is 127. The van der Waals surface area contributed by atoms with Crippen LogP contribution in [0.4, 0.5) is 5.69 Å². The van der Waals surface area contributed by atoms with Crippen molar-refractivity contribution in [3.8, 4) is 0 Å². The summed E-state index contributed by atoms with van der Waals surface area (Å²) in [6, 6.07) is 8.28. The quantitative estimate of drug-likeness (QED) is 0.427. The molecule has 1 aliphatic rings. The van der Waals surface area contributed by atoms with Crippen LogP contribution in [0.25, 0.3) is 0 Å². The van der Waals surface area contributed by atoms with Crippen molar-refractivity contribution in [2.45, 2.75) is 32.7 Å². The molecule has 0 aromatic heterocycles. The Morgan fingerprint density at radius 1 is 1.26 bits per heavy atom. The number of anilines is 1. The zero-order valence-corrected chi connectivity index (χ0v) is 16.7. The van der Waals surface area contributed by atoms with E-state index in [1.807, 2.05) is 12.1 Å². The summed E-state index contributed by atoms with van der Waals surface area (Å²) in [5, 5.41) is 3.15. The van der Waals surface area contributed by atoms with Crippen molar-refractivity contribution in [3.05, 3.63) is 29.8 Å². The molecule has 3 N–H and O–H groups in total. The van der Waals surface area contributed by atoms with E-state index in [1.165, 1.54) is 5.56 Å². The summed E-state index contributed by atoms with van der Waals surface area (Å²) in [5.41, 5.74) is 8.29. The minimum atomic E-state index is -0.0118. The normalized spacial score (nSPS) is 16.7. The summed E-state index contributed by atoms with van der Waals surface area (Å²) >= 11 is 0. The van der Waals surface area contributed by atoms with E-state index in [1.54, 1.807) is 0 Å². The number of nitrogens with two attached hydrogens (primary N) is 1. The maximum Gasteiger partial charge on any atom is 0.193 e. The van der Waals surface area contributed by atoms with Crippen LogP contribution in [0.15, 0.2) is 29.3 Å². The lowest BCUT2D eigenvalue weighted by molar-refractivity contribution is -0.00680. The summed E-state index contributed by atoms with van der Waals surface area (Å²) in [6.07, 6.45) is 1.04. The molecule has 23 heavy (non-hydrogen) atoms. The van der Waals surface area contributed by atoms with Gasteiger partial charge in [-0.25, -0.2) is 0 Å². The van der Waals surface area contributed by atoms with Gasteiger partial charge in [0.1, 0.15) is 0 Å². The van der Waals surface area contributed by atoms with Crippen molar-refractivity contribution < 1.29 is 4.74 Å². The first-order valence-electron chi connectivity index (χ1n) is 8.00.